The lowest BCUT2D eigenvalue weighted by atomic mass is 10.4. The summed E-state index contributed by atoms with van der Waals surface area (Å²) in [6.07, 6.45) is -0.164. The first-order valence-corrected chi connectivity index (χ1v) is 4.12. The zero-order valence-electron chi connectivity index (χ0n) is 5.88. The maximum atomic E-state index is 5.27. The number of methoxy groups -OCH3 is 1. The lowest BCUT2D eigenvalue weighted by Gasteiger charge is -2.16. The van der Waals surface area contributed by atoms with Gasteiger partial charge in [-0.25, -0.2) is 0 Å². The van der Waals surface area contributed by atoms with Gasteiger partial charge in [0.2, 0.25) is 0 Å². The van der Waals surface area contributed by atoms with Gasteiger partial charge in [-0.3, -0.25) is 0 Å². The van der Waals surface area contributed by atoms with E-state index in [4.69, 9.17) is 14.2 Å². The Kier molecular flexibility index (Phi) is 3.62. The quantitative estimate of drug-likeness (QED) is 0.599. The monoisotopic (exact) mass is 210 g/mol. The molecule has 1 aliphatic rings. The molecule has 0 bridgehead atoms. The summed E-state index contributed by atoms with van der Waals surface area (Å²) in [7, 11) is 1.63. The maximum absolute atomic E-state index is 5.27. The molecule has 0 N–H and O–H groups in total. The zero-order valence-corrected chi connectivity index (χ0v) is 7.46. The van der Waals surface area contributed by atoms with Gasteiger partial charge in [0, 0.05) is 7.11 Å². The first kappa shape index (κ1) is 8.46. The van der Waals surface area contributed by atoms with Crippen LogP contribution in [-0.2, 0) is 14.2 Å². The molecule has 2 atom stereocenters. The molecule has 0 aromatic heterocycles. The van der Waals surface area contributed by atoms with Crippen LogP contribution in [0.1, 0.15) is 0 Å². The molecule has 0 amide bonds. The standard InChI is InChI=1S/C6H11BrO3/c1-8-6-5(7)4-9-2-3-10-6/h5-6H,2-4H2,1H3. The minimum atomic E-state index is -0.164. The van der Waals surface area contributed by atoms with Crippen molar-refractivity contribution in [3.8, 4) is 0 Å². The molecule has 1 fully saturated rings. The number of alkyl halides is 1. The van der Waals surface area contributed by atoms with Crippen LogP contribution in [0.5, 0.6) is 0 Å². The summed E-state index contributed by atoms with van der Waals surface area (Å²) in [5.41, 5.74) is 0. The van der Waals surface area contributed by atoms with Gasteiger partial charge in [-0.2, -0.15) is 0 Å². The van der Waals surface area contributed by atoms with E-state index < -0.39 is 0 Å². The summed E-state index contributed by atoms with van der Waals surface area (Å²) in [5.74, 6) is 0. The predicted octanol–water partition coefficient (Wildman–Crippen LogP) is 0.769. The van der Waals surface area contributed by atoms with Crippen molar-refractivity contribution in [2.24, 2.45) is 0 Å². The van der Waals surface area contributed by atoms with Crippen molar-refractivity contribution >= 4 is 15.9 Å². The lowest BCUT2D eigenvalue weighted by molar-refractivity contribution is -0.113. The third-order valence-electron chi connectivity index (χ3n) is 1.31. The van der Waals surface area contributed by atoms with E-state index >= 15 is 0 Å². The minimum absolute atomic E-state index is 0.153. The van der Waals surface area contributed by atoms with Gasteiger partial charge >= 0.3 is 0 Å². The summed E-state index contributed by atoms with van der Waals surface area (Å²) < 4.78 is 15.5. The largest absolute Gasteiger partial charge is 0.378 e. The Morgan fingerprint density at radius 2 is 2.30 bits per heavy atom. The Hall–Kier alpha value is 0.360. The first-order chi connectivity index (χ1) is 4.84. The van der Waals surface area contributed by atoms with Crippen molar-refractivity contribution in [3.63, 3.8) is 0 Å². The van der Waals surface area contributed by atoms with Crippen LogP contribution in [0.3, 0.4) is 0 Å². The van der Waals surface area contributed by atoms with Crippen molar-refractivity contribution in [1.29, 1.82) is 0 Å². The number of halogens is 1. The van der Waals surface area contributed by atoms with Gasteiger partial charge in [0.05, 0.1) is 24.6 Å². The summed E-state index contributed by atoms with van der Waals surface area (Å²) in [4.78, 5) is 0.153. The third kappa shape index (κ3) is 2.20. The average Bonchev–Trinajstić information content (AvgIpc) is 2.13. The highest BCUT2D eigenvalue weighted by atomic mass is 79.9. The van der Waals surface area contributed by atoms with Gasteiger partial charge in [-0.05, 0) is 0 Å². The smallest absolute Gasteiger partial charge is 0.171 e. The second kappa shape index (κ2) is 4.28. The van der Waals surface area contributed by atoms with Gasteiger partial charge < -0.3 is 14.2 Å². The summed E-state index contributed by atoms with van der Waals surface area (Å²) in [6, 6.07) is 0. The normalized spacial score (nSPS) is 35.4. The van der Waals surface area contributed by atoms with Crippen LogP contribution < -0.4 is 0 Å². The highest BCUT2D eigenvalue weighted by Gasteiger charge is 2.21. The van der Waals surface area contributed by atoms with E-state index in [1.165, 1.54) is 0 Å². The summed E-state index contributed by atoms with van der Waals surface area (Å²) in [5, 5.41) is 0. The number of rotatable bonds is 1. The van der Waals surface area contributed by atoms with Crippen molar-refractivity contribution in [1.82, 2.24) is 0 Å². The van der Waals surface area contributed by atoms with Crippen LogP contribution in [0.25, 0.3) is 0 Å². The maximum Gasteiger partial charge on any atom is 0.171 e. The molecule has 0 spiro atoms. The van der Waals surface area contributed by atoms with Crippen LogP contribution in [0.4, 0.5) is 0 Å². The van der Waals surface area contributed by atoms with Crippen LogP contribution in [-0.4, -0.2) is 38.0 Å². The van der Waals surface area contributed by atoms with E-state index in [0.717, 1.165) is 0 Å². The fourth-order valence-corrected chi connectivity index (χ4v) is 1.37. The first-order valence-electron chi connectivity index (χ1n) is 3.21. The SMILES string of the molecule is COC1OCCOCC1Br. The fourth-order valence-electron chi connectivity index (χ4n) is 0.818. The Labute approximate surface area is 68.8 Å². The van der Waals surface area contributed by atoms with Crippen molar-refractivity contribution in [2.45, 2.75) is 11.1 Å². The van der Waals surface area contributed by atoms with E-state index in [2.05, 4.69) is 15.9 Å². The summed E-state index contributed by atoms with van der Waals surface area (Å²) in [6.45, 7) is 1.92. The molecule has 60 valence electrons. The van der Waals surface area contributed by atoms with Gasteiger partial charge in [-0.1, -0.05) is 15.9 Å². The average molecular weight is 211 g/mol. The van der Waals surface area contributed by atoms with Crippen molar-refractivity contribution < 1.29 is 14.2 Å². The Bertz CT molecular complexity index is 99.0. The highest BCUT2D eigenvalue weighted by Crippen LogP contribution is 2.13. The van der Waals surface area contributed by atoms with Gasteiger partial charge in [0.1, 0.15) is 0 Å². The Morgan fingerprint density at radius 3 is 3.00 bits per heavy atom. The molecule has 1 aliphatic heterocycles. The molecule has 0 aromatic rings. The summed E-state index contributed by atoms with van der Waals surface area (Å²) >= 11 is 3.39. The van der Waals surface area contributed by atoms with Gasteiger partial charge in [-0.15, -0.1) is 0 Å². The predicted molar refractivity (Wildman–Crippen MR) is 40.3 cm³/mol. The number of ether oxygens (including phenoxy) is 3. The van der Waals surface area contributed by atoms with Crippen LogP contribution in [0.15, 0.2) is 0 Å². The van der Waals surface area contributed by atoms with Crippen LogP contribution >= 0.6 is 15.9 Å². The molecule has 1 saturated heterocycles. The molecular formula is C6H11BrO3. The lowest BCUT2D eigenvalue weighted by Crippen LogP contribution is -2.27. The highest BCUT2D eigenvalue weighted by molar-refractivity contribution is 9.09. The third-order valence-corrected chi connectivity index (χ3v) is 2.01. The van der Waals surface area contributed by atoms with Crippen LogP contribution in [0.2, 0.25) is 0 Å². The number of hydrogen-bond acceptors (Lipinski definition) is 3. The zero-order chi connectivity index (χ0) is 7.40. The van der Waals surface area contributed by atoms with Gasteiger partial charge in [0.25, 0.3) is 0 Å². The molecule has 0 radical (unpaired) electrons. The van der Waals surface area contributed by atoms with Crippen LogP contribution in [0, 0.1) is 0 Å². The fraction of sp³-hybridized carbons (Fsp3) is 1.00. The molecule has 10 heavy (non-hydrogen) atoms. The van der Waals surface area contributed by atoms with E-state index in [9.17, 15) is 0 Å². The van der Waals surface area contributed by atoms with E-state index in [0.29, 0.717) is 19.8 Å². The van der Waals surface area contributed by atoms with E-state index in [1.54, 1.807) is 7.11 Å². The van der Waals surface area contributed by atoms with E-state index in [1.807, 2.05) is 0 Å². The molecule has 1 heterocycles. The molecule has 1 rings (SSSR count). The van der Waals surface area contributed by atoms with E-state index in [-0.39, 0.29) is 11.1 Å². The number of hydrogen-bond donors (Lipinski definition) is 0. The van der Waals surface area contributed by atoms with Crippen molar-refractivity contribution in [2.75, 3.05) is 26.9 Å². The second-order valence-corrected chi connectivity index (χ2v) is 3.24. The molecule has 4 heteroatoms. The van der Waals surface area contributed by atoms with Gasteiger partial charge in [0.15, 0.2) is 6.29 Å². The molecule has 0 aromatic carbocycles. The molecule has 2 unspecified atom stereocenters. The minimum Gasteiger partial charge on any atom is -0.378 e. The molecule has 0 saturated carbocycles. The molecular weight excluding hydrogens is 200 g/mol. The topological polar surface area (TPSA) is 27.7 Å². The molecule has 3 nitrogen and oxygen atoms in total. The molecule has 0 aliphatic carbocycles. The Balaban J connectivity index is 2.35. The second-order valence-electron chi connectivity index (χ2n) is 2.07. The Morgan fingerprint density at radius 1 is 1.50 bits per heavy atom. The van der Waals surface area contributed by atoms with Crippen molar-refractivity contribution in [3.05, 3.63) is 0 Å².